The van der Waals surface area contributed by atoms with Crippen molar-refractivity contribution in [3.05, 3.63) is 34.9 Å². The Morgan fingerprint density at radius 1 is 1.00 bits per heavy atom. The average Bonchev–Trinajstić information content (AvgIpc) is 2.15. The van der Waals surface area contributed by atoms with Gasteiger partial charge in [-0.15, -0.1) is 0 Å². The van der Waals surface area contributed by atoms with E-state index in [1.807, 2.05) is 13.8 Å². The van der Waals surface area contributed by atoms with Gasteiger partial charge in [0, 0.05) is 12.6 Å². The highest BCUT2D eigenvalue weighted by molar-refractivity contribution is 5.88. The molecular formula is C15H25NO. The van der Waals surface area contributed by atoms with Crippen LogP contribution < -0.4 is 5.32 Å². The summed E-state index contributed by atoms with van der Waals surface area (Å²) in [6, 6.07) is 0. The lowest BCUT2D eigenvalue weighted by Gasteiger charge is -2.01. The quantitative estimate of drug-likeness (QED) is 0.551. The molecular weight excluding hydrogens is 210 g/mol. The van der Waals surface area contributed by atoms with Crippen LogP contribution >= 0.6 is 0 Å². The second-order valence-electron chi connectivity index (χ2n) is 4.84. The number of carbonyl (C=O) groups is 1. The number of nitrogens with one attached hydrogen (secondary N) is 1. The van der Waals surface area contributed by atoms with Crippen molar-refractivity contribution in [1.82, 2.24) is 5.32 Å². The van der Waals surface area contributed by atoms with Crippen molar-refractivity contribution in [3.8, 4) is 0 Å². The molecule has 0 aromatic rings. The van der Waals surface area contributed by atoms with Crippen molar-refractivity contribution < 1.29 is 4.79 Å². The van der Waals surface area contributed by atoms with Crippen molar-refractivity contribution in [3.63, 3.8) is 0 Å². The minimum atomic E-state index is -0.0154. The molecule has 0 spiro atoms. The summed E-state index contributed by atoms with van der Waals surface area (Å²) >= 11 is 0. The molecule has 0 rings (SSSR count). The number of carbonyl (C=O) groups excluding carboxylic acids is 1. The van der Waals surface area contributed by atoms with Gasteiger partial charge in [0.15, 0.2) is 0 Å². The predicted octanol–water partition coefficient (Wildman–Crippen LogP) is 3.76. The zero-order chi connectivity index (χ0) is 13.3. The Bertz CT molecular complexity index is 327. The molecule has 0 aliphatic carbocycles. The molecule has 2 nitrogen and oxygen atoms in total. The van der Waals surface area contributed by atoms with E-state index in [0.717, 1.165) is 18.4 Å². The SMILES string of the molecule is CC(C)=CCCC(C)=CCNC(=O)C=C(C)C. The second-order valence-corrected chi connectivity index (χ2v) is 4.84. The summed E-state index contributed by atoms with van der Waals surface area (Å²) in [5.74, 6) is -0.0154. The first-order valence-electron chi connectivity index (χ1n) is 6.13. The van der Waals surface area contributed by atoms with Crippen LogP contribution in [0.5, 0.6) is 0 Å². The first kappa shape index (κ1) is 15.7. The number of rotatable bonds is 6. The molecule has 0 aromatic carbocycles. The molecule has 0 fully saturated rings. The third-order valence-electron chi connectivity index (χ3n) is 2.24. The van der Waals surface area contributed by atoms with Gasteiger partial charge >= 0.3 is 0 Å². The van der Waals surface area contributed by atoms with Crippen molar-refractivity contribution in [2.75, 3.05) is 6.54 Å². The van der Waals surface area contributed by atoms with E-state index < -0.39 is 0 Å². The summed E-state index contributed by atoms with van der Waals surface area (Å²) in [4.78, 5) is 11.3. The second kappa shape index (κ2) is 8.80. The predicted molar refractivity (Wildman–Crippen MR) is 74.9 cm³/mol. The van der Waals surface area contributed by atoms with Crippen molar-refractivity contribution in [2.24, 2.45) is 0 Å². The highest BCUT2D eigenvalue weighted by atomic mass is 16.1. The summed E-state index contributed by atoms with van der Waals surface area (Å²) in [5, 5.41) is 2.84. The van der Waals surface area contributed by atoms with Gasteiger partial charge in [0.05, 0.1) is 0 Å². The number of amides is 1. The Morgan fingerprint density at radius 3 is 2.18 bits per heavy atom. The van der Waals surface area contributed by atoms with E-state index >= 15 is 0 Å². The summed E-state index contributed by atoms with van der Waals surface area (Å²) in [5.41, 5.74) is 3.70. The monoisotopic (exact) mass is 235 g/mol. The molecule has 0 aromatic heterocycles. The average molecular weight is 235 g/mol. The molecule has 0 saturated carbocycles. The molecule has 0 heterocycles. The molecule has 1 amide bonds. The van der Waals surface area contributed by atoms with Crippen LogP contribution in [0.4, 0.5) is 0 Å². The van der Waals surface area contributed by atoms with E-state index in [1.165, 1.54) is 11.1 Å². The first-order valence-corrected chi connectivity index (χ1v) is 6.13. The lowest BCUT2D eigenvalue weighted by atomic mass is 10.1. The van der Waals surface area contributed by atoms with Gasteiger partial charge in [-0.2, -0.15) is 0 Å². The fraction of sp³-hybridized carbons (Fsp3) is 0.533. The third-order valence-corrected chi connectivity index (χ3v) is 2.24. The van der Waals surface area contributed by atoms with E-state index in [9.17, 15) is 4.79 Å². The molecule has 0 radical (unpaired) electrons. The van der Waals surface area contributed by atoms with E-state index in [2.05, 4.69) is 38.2 Å². The Labute approximate surface area is 105 Å². The van der Waals surface area contributed by atoms with Crippen molar-refractivity contribution in [2.45, 2.75) is 47.5 Å². The summed E-state index contributed by atoms with van der Waals surface area (Å²) in [6.07, 6.45) is 8.07. The van der Waals surface area contributed by atoms with E-state index in [1.54, 1.807) is 6.08 Å². The third kappa shape index (κ3) is 11.0. The van der Waals surface area contributed by atoms with Crippen molar-refractivity contribution in [1.29, 1.82) is 0 Å². The maximum atomic E-state index is 11.3. The van der Waals surface area contributed by atoms with Gasteiger partial charge in [-0.25, -0.2) is 0 Å². The van der Waals surface area contributed by atoms with Gasteiger partial charge in [0.1, 0.15) is 0 Å². The summed E-state index contributed by atoms with van der Waals surface area (Å²) < 4.78 is 0. The number of hydrogen-bond acceptors (Lipinski definition) is 1. The van der Waals surface area contributed by atoms with Crippen molar-refractivity contribution >= 4 is 5.91 Å². The highest BCUT2D eigenvalue weighted by Crippen LogP contribution is 2.05. The Morgan fingerprint density at radius 2 is 1.65 bits per heavy atom. The molecule has 1 N–H and O–H groups in total. The molecule has 0 aliphatic rings. The molecule has 0 unspecified atom stereocenters. The summed E-state index contributed by atoms with van der Waals surface area (Å²) in [7, 11) is 0. The van der Waals surface area contributed by atoms with Crippen LogP contribution in [-0.2, 0) is 4.79 Å². The topological polar surface area (TPSA) is 29.1 Å². The van der Waals surface area contributed by atoms with Gasteiger partial charge in [0.25, 0.3) is 0 Å². The Balaban J connectivity index is 3.88. The lowest BCUT2D eigenvalue weighted by molar-refractivity contribution is -0.116. The minimum absolute atomic E-state index is 0.0154. The largest absolute Gasteiger partial charge is 0.349 e. The molecule has 96 valence electrons. The van der Waals surface area contributed by atoms with Crippen LogP contribution in [0.3, 0.4) is 0 Å². The van der Waals surface area contributed by atoms with Crippen LogP contribution in [0.25, 0.3) is 0 Å². The number of allylic oxidation sites excluding steroid dienone is 4. The van der Waals surface area contributed by atoms with Gasteiger partial charge in [0.2, 0.25) is 5.91 Å². The fourth-order valence-corrected chi connectivity index (χ4v) is 1.33. The molecule has 17 heavy (non-hydrogen) atoms. The maximum absolute atomic E-state index is 11.3. The standard InChI is InChI=1S/C15H25NO/c1-12(2)7-6-8-14(5)9-10-16-15(17)11-13(3)4/h7,9,11H,6,8,10H2,1-5H3,(H,16,17). The van der Waals surface area contributed by atoms with Gasteiger partial charge in [-0.05, 0) is 47.5 Å². The fourth-order valence-electron chi connectivity index (χ4n) is 1.33. The van der Waals surface area contributed by atoms with E-state index in [-0.39, 0.29) is 5.91 Å². The highest BCUT2D eigenvalue weighted by Gasteiger charge is 1.94. The van der Waals surface area contributed by atoms with Crippen LogP contribution in [0.2, 0.25) is 0 Å². The zero-order valence-electron chi connectivity index (χ0n) is 11.8. The van der Waals surface area contributed by atoms with Crippen LogP contribution in [0.15, 0.2) is 34.9 Å². The van der Waals surface area contributed by atoms with Crippen LogP contribution in [0.1, 0.15) is 47.5 Å². The van der Waals surface area contributed by atoms with E-state index in [4.69, 9.17) is 0 Å². The minimum Gasteiger partial charge on any atom is -0.349 e. The summed E-state index contributed by atoms with van der Waals surface area (Å²) in [6.45, 7) is 10.8. The van der Waals surface area contributed by atoms with Gasteiger partial charge in [-0.3, -0.25) is 4.79 Å². The zero-order valence-corrected chi connectivity index (χ0v) is 11.8. The molecule has 2 heteroatoms. The number of hydrogen-bond donors (Lipinski definition) is 1. The normalized spacial score (nSPS) is 10.8. The van der Waals surface area contributed by atoms with Gasteiger partial charge in [-0.1, -0.05) is 28.9 Å². The molecule has 0 atom stereocenters. The Kier molecular flexibility index (Phi) is 8.12. The molecule has 0 aliphatic heterocycles. The smallest absolute Gasteiger partial charge is 0.244 e. The van der Waals surface area contributed by atoms with Gasteiger partial charge < -0.3 is 5.32 Å². The Hall–Kier alpha value is -1.31. The van der Waals surface area contributed by atoms with E-state index in [0.29, 0.717) is 6.54 Å². The first-order chi connectivity index (χ1) is 7.91. The van der Waals surface area contributed by atoms with Crippen LogP contribution in [0, 0.1) is 0 Å². The molecule has 0 bridgehead atoms. The lowest BCUT2D eigenvalue weighted by Crippen LogP contribution is -2.21. The molecule has 0 saturated heterocycles. The van der Waals surface area contributed by atoms with Crippen LogP contribution in [-0.4, -0.2) is 12.5 Å². The maximum Gasteiger partial charge on any atom is 0.244 e.